The number of carbonyl (C=O) groups excluding carboxylic acids is 3. The van der Waals surface area contributed by atoms with Crippen LogP contribution in [-0.4, -0.2) is 74.8 Å². The Morgan fingerprint density at radius 3 is 2.48 bits per heavy atom. The zero-order chi connectivity index (χ0) is 20.4. The van der Waals surface area contributed by atoms with Gasteiger partial charge in [-0.25, -0.2) is 9.59 Å². The highest BCUT2D eigenvalue weighted by atomic mass is 79.9. The summed E-state index contributed by atoms with van der Waals surface area (Å²) in [5.41, 5.74) is -0.606. The first-order valence-corrected chi connectivity index (χ1v) is 10.0. The Morgan fingerprint density at radius 1 is 1.30 bits per heavy atom. The number of hydrogen-bond donors (Lipinski definition) is 1. The largest absolute Gasteiger partial charge is 0.480 e. The molecular formula is C18H25BrN2O6. The molecule has 0 aromatic rings. The van der Waals surface area contributed by atoms with Crippen molar-refractivity contribution >= 4 is 39.7 Å². The van der Waals surface area contributed by atoms with E-state index >= 15 is 0 Å². The Balaban J connectivity index is 0.000000194. The highest BCUT2D eigenvalue weighted by Crippen LogP contribution is 2.31. The summed E-state index contributed by atoms with van der Waals surface area (Å²) in [4.78, 5) is 48.6. The van der Waals surface area contributed by atoms with Crippen molar-refractivity contribution in [1.82, 2.24) is 9.80 Å². The molecule has 0 aliphatic carbocycles. The van der Waals surface area contributed by atoms with Gasteiger partial charge < -0.3 is 19.6 Å². The van der Waals surface area contributed by atoms with Crippen molar-refractivity contribution in [2.24, 2.45) is 0 Å². The molecule has 0 spiro atoms. The van der Waals surface area contributed by atoms with Crippen LogP contribution in [0.2, 0.25) is 0 Å². The van der Waals surface area contributed by atoms with Gasteiger partial charge in [0.2, 0.25) is 5.91 Å². The Morgan fingerprint density at radius 2 is 1.93 bits per heavy atom. The van der Waals surface area contributed by atoms with Gasteiger partial charge in [0.1, 0.15) is 12.1 Å². The topological polar surface area (TPSA) is 104 Å². The lowest BCUT2D eigenvalue weighted by atomic mass is 10.0. The van der Waals surface area contributed by atoms with Crippen LogP contribution < -0.4 is 0 Å². The van der Waals surface area contributed by atoms with Crippen LogP contribution in [0.4, 0.5) is 0 Å². The normalized spacial score (nSPS) is 29.6. The number of morpholine rings is 1. The fourth-order valence-corrected chi connectivity index (χ4v) is 3.84. The first-order chi connectivity index (χ1) is 12.6. The molecule has 3 aliphatic heterocycles. The number of halogens is 1. The fourth-order valence-electron chi connectivity index (χ4n) is 3.49. The van der Waals surface area contributed by atoms with Gasteiger partial charge in [0.05, 0.1) is 5.33 Å². The molecule has 3 heterocycles. The van der Waals surface area contributed by atoms with E-state index in [1.807, 2.05) is 0 Å². The third-order valence-corrected chi connectivity index (χ3v) is 6.05. The van der Waals surface area contributed by atoms with Crippen molar-refractivity contribution in [1.29, 1.82) is 0 Å². The maximum atomic E-state index is 11.9. The quantitative estimate of drug-likeness (QED) is 0.399. The van der Waals surface area contributed by atoms with Crippen molar-refractivity contribution in [3.8, 4) is 0 Å². The Bertz CT molecular complexity index is 666. The third-order valence-electron chi connectivity index (χ3n) is 4.98. The number of cyclic esters (lactones) is 1. The van der Waals surface area contributed by atoms with Gasteiger partial charge in [-0.3, -0.25) is 9.59 Å². The van der Waals surface area contributed by atoms with E-state index in [2.05, 4.69) is 22.5 Å². The van der Waals surface area contributed by atoms with E-state index in [1.54, 1.807) is 18.7 Å². The lowest BCUT2D eigenvalue weighted by Crippen LogP contribution is -2.60. The van der Waals surface area contributed by atoms with Crippen molar-refractivity contribution in [3.63, 3.8) is 0 Å². The molecule has 0 bridgehead atoms. The van der Waals surface area contributed by atoms with Gasteiger partial charge in [-0.05, 0) is 39.5 Å². The summed E-state index contributed by atoms with van der Waals surface area (Å²) in [5.74, 6) is -1.50. The highest BCUT2D eigenvalue weighted by Gasteiger charge is 2.51. The second kappa shape index (κ2) is 8.41. The minimum Gasteiger partial charge on any atom is -0.480 e. The second-order valence-corrected chi connectivity index (χ2v) is 7.78. The predicted molar refractivity (Wildman–Crippen MR) is 100 cm³/mol. The molecule has 0 radical (unpaired) electrons. The molecule has 3 atom stereocenters. The van der Waals surface area contributed by atoms with E-state index < -0.39 is 17.6 Å². The number of amides is 2. The molecule has 3 fully saturated rings. The lowest BCUT2D eigenvalue weighted by Gasteiger charge is -2.39. The summed E-state index contributed by atoms with van der Waals surface area (Å²) < 4.78 is 5.17. The van der Waals surface area contributed by atoms with Crippen molar-refractivity contribution in [2.75, 3.05) is 18.4 Å². The maximum Gasteiger partial charge on any atom is 0.329 e. The number of carboxylic acid groups (broad SMARTS) is 1. The predicted octanol–water partition coefficient (Wildman–Crippen LogP) is 1.33. The van der Waals surface area contributed by atoms with Gasteiger partial charge >= 0.3 is 11.9 Å². The molecule has 150 valence electrons. The molecular weight excluding hydrogens is 420 g/mol. The van der Waals surface area contributed by atoms with E-state index in [1.165, 1.54) is 4.90 Å². The monoisotopic (exact) mass is 444 g/mol. The second-order valence-electron chi connectivity index (χ2n) is 7.22. The average molecular weight is 445 g/mol. The van der Waals surface area contributed by atoms with Gasteiger partial charge in [-0.15, -0.1) is 0 Å². The molecule has 0 saturated carbocycles. The van der Waals surface area contributed by atoms with Gasteiger partial charge in [-0.1, -0.05) is 22.5 Å². The minimum atomic E-state index is -1.00. The van der Waals surface area contributed by atoms with Gasteiger partial charge in [-0.2, -0.15) is 0 Å². The Labute approximate surface area is 166 Å². The van der Waals surface area contributed by atoms with Crippen molar-refractivity contribution in [2.45, 2.75) is 57.2 Å². The minimum absolute atomic E-state index is 0.0727. The van der Waals surface area contributed by atoms with Gasteiger partial charge in [0, 0.05) is 18.7 Å². The van der Waals surface area contributed by atoms with Crippen LogP contribution in [0.1, 0.15) is 39.5 Å². The number of nitrogens with zero attached hydrogens (tertiary/aromatic N) is 2. The molecule has 8 nitrogen and oxygen atoms in total. The van der Waals surface area contributed by atoms with Gasteiger partial charge in [0.25, 0.3) is 5.91 Å². The molecule has 2 amide bonds. The number of carboxylic acids is 1. The number of ether oxygens (including phenoxy) is 1. The van der Waals surface area contributed by atoms with Crippen LogP contribution in [0, 0.1) is 0 Å². The van der Waals surface area contributed by atoms with Crippen LogP contribution >= 0.6 is 15.9 Å². The zero-order valence-corrected chi connectivity index (χ0v) is 17.2. The van der Waals surface area contributed by atoms with Crippen LogP contribution in [0.5, 0.6) is 0 Å². The van der Waals surface area contributed by atoms with E-state index in [0.29, 0.717) is 30.4 Å². The molecule has 3 rings (SSSR count). The van der Waals surface area contributed by atoms with E-state index in [4.69, 9.17) is 9.84 Å². The molecule has 0 aromatic heterocycles. The van der Waals surface area contributed by atoms with E-state index in [0.717, 1.165) is 19.3 Å². The summed E-state index contributed by atoms with van der Waals surface area (Å²) in [6, 6.07) is -0.973. The summed E-state index contributed by atoms with van der Waals surface area (Å²) in [5, 5.41) is 9.15. The van der Waals surface area contributed by atoms with Crippen LogP contribution in [0.3, 0.4) is 0 Å². The maximum absolute atomic E-state index is 11.9. The molecule has 1 unspecified atom stereocenters. The first kappa shape index (κ1) is 21.4. The molecule has 1 N–H and O–H groups in total. The average Bonchev–Trinajstić information content (AvgIpc) is 3.29. The van der Waals surface area contributed by atoms with Crippen molar-refractivity contribution in [3.05, 3.63) is 12.2 Å². The Hall–Kier alpha value is -1.90. The third kappa shape index (κ3) is 4.34. The number of rotatable bonds is 3. The summed E-state index contributed by atoms with van der Waals surface area (Å²) >= 11 is 3.21. The standard InChI is InChI=1S/C9H12BrNO3.C9H13NO3/c1-9(5-10)8(13)11-4-2-3-6(11)7(12)14-9;1-6(2)8(11)10-5-3-4-7(10)9(12)13/h6H,2-5H2,1H3;7H,1,3-5H2,2H3,(H,12,13)/t6-,9?;7-/m11/s1. The number of alkyl halides is 1. The van der Waals surface area contributed by atoms with Crippen LogP contribution in [0.25, 0.3) is 0 Å². The first-order valence-electron chi connectivity index (χ1n) is 8.91. The zero-order valence-electron chi connectivity index (χ0n) is 15.6. The SMILES string of the molecule is C=C(C)C(=O)N1CCC[C@@H]1C(=O)O.CC1(CBr)OC(=O)[C@H]2CCCN2C1=O. The smallest absolute Gasteiger partial charge is 0.329 e. The summed E-state index contributed by atoms with van der Waals surface area (Å²) in [6.45, 7) is 7.97. The summed E-state index contributed by atoms with van der Waals surface area (Å²) in [6.07, 6.45) is 2.94. The lowest BCUT2D eigenvalue weighted by molar-refractivity contribution is -0.185. The van der Waals surface area contributed by atoms with Crippen molar-refractivity contribution < 1.29 is 29.0 Å². The molecule has 27 heavy (non-hydrogen) atoms. The molecule has 3 saturated heterocycles. The number of carbonyl (C=O) groups is 4. The number of esters is 1. The van der Waals surface area contributed by atoms with Gasteiger partial charge in [0.15, 0.2) is 5.60 Å². The number of aliphatic carboxylic acids is 1. The molecule has 3 aliphatic rings. The van der Waals surface area contributed by atoms with E-state index in [-0.39, 0.29) is 23.8 Å². The number of likely N-dealkylation sites (tertiary alicyclic amines) is 1. The fraction of sp³-hybridized carbons (Fsp3) is 0.667. The number of fused-ring (bicyclic) bond motifs is 1. The van der Waals surface area contributed by atoms with Crippen LogP contribution in [-0.2, 0) is 23.9 Å². The number of hydrogen-bond acceptors (Lipinski definition) is 5. The molecule has 9 heteroatoms. The Kier molecular flexibility index (Phi) is 6.67. The molecule has 0 aromatic carbocycles. The van der Waals surface area contributed by atoms with E-state index in [9.17, 15) is 19.2 Å². The van der Waals surface area contributed by atoms with Crippen LogP contribution in [0.15, 0.2) is 12.2 Å². The highest BCUT2D eigenvalue weighted by molar-refractivity contribution is 9.09. The summed E-state index contributed by atoms with van der Waals surface area (Å²) in [7, 11) is 0.